The Labute approximate surface area is 509 Å². The van der Waals surface area contributed by atoms with E-state index in [1.807, 2.05) is 175 Å². The predicted octanol–water partition coefficient (Wildman–Crippen LogP) is 16.2. The van der Waals surface area contributed by atoms with Gasteiger partial charge in [0, 0.05) is 36.8 Å². The molecule has 0 spiro atoms. The first kappa shape index (κ1) is 69.5. The highest BCUT2D eigenvalue weighted by molar-refractivity contribution is 5.72. The van der Waals surface area contributed by atoms with Crippen LogP contribution < -0.4 is 4.74 Å². The lowest BCUT2D eigenvalue weighted by Crippen LogP contribution is -2.44. The molecule has 13 nitrogen and oxygen atoms in total. The molecule has 0 aromatic heterocycles. The van der Waals surface area contributed by atoms with E-state index in [1.54, 1.807) is 0 Å². The van der Waals surface area contributed by atoms with Crippen molar-refractivity contribution in [1.82, 2.24) is 0 Å². The van der Waals surface area contributed by atoms with Gasteiger partial charge in [-0.15, -0.1) is 4.91 Å². The zero-order valence-corrected chi connectivity index (χ0v) is 56.0. The lowest BCUT2D eigenvalue weighted by atomic mass is 9.77. The Morgan fingerprint density at radius 1 is 0.400 bits per heavy atom. The van der Waals surface area contributed by atoms with Crippen LogP contribution in [0.4, 0.5) is 5.69 Å². The molecule has 1 aliphatic rings. The SMILES string of the molecule is CC(C)(C)c1cc(CCC(=O)OCC(COC(=O)CCc2cc(C(C)(C)C)c(O)c(C(C)(C)C)c2)(COC(=O)CCc2cc(C(C)(C)C)c(N=O)c(C(C)(C)C)c2)COC(=O)CCc2cc(C(C)(C)C)c3c(c2)C(C)(C)O3)cc(C(C)(C)C)c1O. The van der Waals surface area contributed by atoms with E-state index < -0.39 is 93.8 Å². The van der Waals surface area contributed by atoms with Crippen molar-refractivity contribution in [2.45, 2.75) is 254 Å². The molecule has 5 rings (SSSR count). The second-order valence-electron chi connectivity index (χ2n) is 31.7. The Balaban J connectivity index is 1.50. The van der Waals surface area contributed by atoms with E-state index in [0.29, 0.717) is 12.1 Å². The van der Waals surface area contributed by atoms with Crippen LogP contribution in [0, 0.1) is 10.3 Å². The number of carbonyl (C=O) groups excluding carboxylic acids is 4. The molecule has 0 fully saturated rings. The number of phenolic OH excluding ortho intramolecular Hbond substituents is 2. The van der Waals surface area contributed by atoms with Crippen LogP contribution >= 0.6 is 0 Å². The van der Waals surface area contributed by atoms with E-state index >= 15 is 0 Å². The summed E-state index contributed by atoms with van der Waals surface area (Å²) in [6.07, 6.45) is 0.974. The van der Waals surface area contributed by atoms with Crippen molar-refractivity contribution in [1.29, 1.82) is 0 Å². The van der Waals surface area contributed by atoms with Crippen molar-refractivity contribution < 1.29 is 53.1 Å². The number of ether oxygens (including phenoxy) is 5. The molecular formula is C72H103NO12. The van der Waals surface area contributed by atoms with Crippen LogP contribution in [-0.2, 0) is 107 Å². The first-order chi connectivity index (χ1) is 38.7. The maximum Gasteiger partial charge on any atom is 0.306 e. The highest BCUT2D eigenvalue weighted by Crippen LogP contribution is 2.50. The lowest BCUT2D eigenvalue weighted by Gasteiger charge is -2.42. The molecule has 2 N–H and O–H groups in total. The Bertz CT molecular complexity index is 2900. The fourth-order valence-electron chi connectivity index (χ4n) is 10.7. The number of fused-ring (bicyclic) bond motifs is 1. The number of phenols is 2. The van der Waals surface area contributed by atoms with E-state index in [2.05, 4.69) is 38.1 Å². The van der Waals surface area contributed by atoms with Gasteiger partial charge in [0.25, 0.3) is 0 Å². The lowest BCUT2D eigenvalue weighted by molar-refractivity contribution is -0.170. The van der Waals surface area contributed by atoms with Crippen molar-refractivity contribution in [2.24, 2.45) is 10.6 Å². The van der Waals surface area contributed by atoms with Crippen molar-refractivity contribution in [3.8, 4) is 17.2 Å². The molecule has 0 saturated carbocycles. The van der Waals surface area contributed by atoms with E-state index in [4.69, 9.17) is 23.7 Å². The minimum absolute atomic E-state index is 0.00983. The molecule has 0 aliphatic carbocycles. The number of nitroso groups, excluding NO2 is 1. The summed E-state index contributed by atoms with van der Waals surface area (Å²) in [6.45, 7) is 45.0. The second-order valence-corrected chi connectivity index (χ2v) is 31.7. The number of esters is 4. The standard InChI is InChI=1S/C72H103NO12/c1-64(2,3)48-32-44(33-49(60(48)73-80)65(4,5)6)24-28-56(74)81-40-72(41-82-57(75)29-25-45-34-50(66(7,8)9)61(78)51(35-45)67(10,11)12,42-83-58(76)30-26-46-36-52(68(13,14)15)62(79)53(37-46)69(16,17)18)43-84-59(77)31-27-47-38-54(70(19,20)21)63-55(39-47)71(22,23)85-63/h32-39,78-79H,24-31,40-43H2,1-23H3. The summed E-state index contributed by atoms with van der Waals surface area (Å²) in [6, 6.07) is 15.7. The molecule has 0 saturated heterocycles. The number of carbonyl (C=O) groups is 4. The van der Waals surface area contributed by atoms with Gasteiger partial charge in [0.05, 0.1) is 0 Å². The number of aromatic hydroxyl groups is 2. The topological polar surface area (TPSA) is 184 Å². The molecule has 1 aliphatic heterocycles. The van der Waals surface area contributed by atoms with E-state index in [-0.39, 0.29) is 61.9 Å². The molecule has 0 radical (unpaired) electrons. The summed E-state index contributed by atoms with van der Waals surface area (Å²) in [7, 11) is 0. The van der Waals surface area contributed by atoms with Gasteiger partial charge in [-0.3, -0.25) is 19.2 Å². The summed E-state index contributed by atoms with van der Waals surface area (Å²) >= 11 is 0. The largest absolute Gasteiger partial charge is 0.507 e. The summed E-state index contributed by atoms with van der Waals surface area (Å²) < 4.78 is 30.6. The Morgan fingerprint density at radius 2 is 0.635 bits per heavy atom. The number of benzene rings is 4. The van der Waals surface area contributed by atoms with Gasteiger partial charge >= 0.3 is 23.9 Å². The average Bonchev–Trinajstić information content (AvgIpc) is 0.907. The summed E-state index contributed by atoms with van der Waals surface area (Å²) in [4.78, 5) is 68.7. The summed E-state index contributed by atoms with van der Waals surface area (Å²) in [5.74, 6) is -1.02. The van der Waals surface area contributed by atoms with Crippen molar-refractivity contribution in [2.75, 3.05) is 26.4 Å². The minimum Gasteiger partial charge on any atom is -0.507 e. The van der Waals surface area contributed by atoms with Gasteiger partial charge in [0.2, 0.25) is 0 Å². The molecule has 0 unspecified atom stereocenters. The molecule has 85 heavy (non-hydrogen) atoms. The normalized spacial score (nSPS) is 14.0. The fraction of sp³-hybridized carbons (Fsp3) is 0.611. The average molecular weight is 1170 g/mol. The van der Waals surface area contributed by atoms with Gasteiger partial charge in [-0.05, 0) is 144 Å². The maximum atomic E-state index is 14.1. The summed E-state index contributed by atoms with van der Waals surface area (Å²) in [5, 5.41) is 26.3. The first-order valence-corrected chi connectivity index (χ1v) is 30.4. The van der Waals surface area contributed by atoms with Crippen LogP contribution in [0.5, 0.6) is 17.2 Å². The highest BCUT2D eigenvalue weighted by Gasteiger charge is 2.42. The van der Waals surface area contributed by atoms with Crippen LogP contribution in [0.2, 0.25) is 0 Å². The number of aryl methyl sites for hydroxylation is 4. The quantitative estimate of drug-likeness (QED) is 0.0458. The number of hydrogen-bond donors (Lipinski definition) is 2. The summed E-state index contributed by atoms with van der Waals surface area (Å²) in [5.41, 5.74) is 5.77. The van der Waals surface area contributed by atoms with Crippen LogP contribution in [0.25, 0.3) is 0 Å². The van der Waals surface area contributed by atoms with Gasteiger partial charge in [0.15, 0.2) is 0 Å². The monoisotopic (exact) mass is 1170 g/mol. The van der Waals surface area contributed by atoms with E-state index in [1.165, 1.54) is 0 Å². The number of rotatable bonds is 21. The third-order valence-electron chi connectivity index (χ3n) is 16.0. The molecule has 0 amide bonds. The zero-order chi connectivity index (χ0) is 64.4. The van der Waals surface area contributed by atoms with Crippen LogP contribution in [-0.4, -0.2) is 60.5 Å². The van der Waals surface area contributed by atoms with Gasteiger partial charge in [-0.25, -0.2) is 0 Å². The Morgan fingerprint density at radius 3 is 0.871 bits per heavy atom. The van der Waals surface area contributed by atoms with Crippen LogP contribution in [0.1, 0.15) is 252 Å². The molecule has 1 heterocycles. The van der Waals surface area contributed by atoms with Crippen molar-refractivity contribution in [3.63, 3.8) is 0 Å². The number of nitrogens with zero attached hydrogens (tertiary/aromatic N) is 1. The molecular weight excluding hydrogens is 1070 g/mol. The van der Waals surface area contributed by atoms with E-state index in [9.17, 15) is 34.3 Å². The smallest absolute Gasteiger partial charge is 0.306 e. The maximum absolute atomic E-state index is 14.1. The van der Waals surface area contributed by atoms with Crippen LogP contribution in [0.3, 0.4) is 0 Å². The molecule has 0 atom stereocenters. The zero-order valence-electron chi connectivity index (χ0n) is 56.0. The van der Waals surface area contributed by atoms with Gasteiger partial charge in [0.1, 0.15) is 60.4 Å². The Hall–Kier alpha value is -6.24. The van der Waals surface area contributed by atoms with Gasteiger partial charge in [-0.2, -0.15) is 0 Å². The Kier molecular flexibility index (Phi) is 20.9. The molecule has 4 aromatic rings. The molecule has 4 aromatic carbocycles. The number of hydrogen-bond acceptors (Lipinski definition) is 13. The predicted molar refractivity (Wildman–Crippen MR) is 339 cm³/mol. The first-order valence-electron chi connectivity index (χ1n) is 30.4. The molecule has 13 heteroatoms. The van der Waals surface area contributed by atoms with Crippen molar-refractivity contribution in [3.05, 3.63) is 120 Å². The van der Waals surface area contributed by atoms with Crippen LogP contribution in [0.15, 0.2) is 53.7 Å². The fourth-order valence-corrected chi connectivity index (χ4v) is 10.7. The van der Waals surface area contributed by atoms with E-state index in [0.717, 1.165) is 72.5 Å². The molecule has 0 bridgehead atoms. The second kappa shape index (κ2) is 25.6. The highest BCUT2D eigenvalue weighted by atomic mass is 16.6. The third kappa shape index (κ3) is 18.2. The van der Waals surface area contributed by atoms with Crippen molar-refractivity contribution >= 4 is 29.6 Å². The molecule has 468 valence electrons. The van der Waals surface area contributed by atoms with Gasteiger partial charge < -0.3 is 33.9 Å². The third-order valence-corrected chi connectivity index (χ3v) is 16.0. The van der Waals surface area contributed by atoms with Gasteiger partial charge in [-0.1, -0.05) is 188 Å². The minimum atomic E-state index is -1.57.